The van der Waals surface area contributed by atoms with E-state index in [1.54, 1.807) is 0 Å². The first kappa shape index (κ1) is 17.3. The Morgan fingerprint density at radius 2 is 2.04 bits per heavy atom. The summed E-state index contributed by atoms with van der Waals surface area (Å²) in [4.78, 5) is 23.1. The highest BCUT2D eigenvalue weighted by molar-refractivity contribution is 5.80. The molecule has 0 heterocycles. The lowest BCUT2D eigenvalue weighted by Crippen LogP contribution is -2.55. The molecule has 0 aromatic heterocycles. The lowest BCUT2D eigenvalue weighted by Gasteiger charge is -2.41. The molecular weight excluding hydrogens is 294 g/mol. The maximum atomic E-state index is 12.1. The summed E-state index contributed by atoms with van der Waals surface area (Å²) in [6, 6.07) is 5.97. The lowest BCUT2D eigenvalue weighted by molar-refractivity contribution is -0.140. The number of aryl methyl sites for hydroxylation is 1. The minimum Gasteiger partial charge on any atom is -0.483 e. The molecule has 0 radical (unpaired) electrons. The number of nitrogens with one attached hydrogen (secondary N) is 1. The molecule has 5 nitrogen and oxygen atoms in total. The van der Waals surface area contributed by atoms with Gasteiger partial charge in [-0.05, 0) is 49.3 Å². The fraction of sp³-hybridized carbons (Fsp3) is 0.556. The number of carbonyl (C=O) groups is 2. The van der Waals surface area contributed by atoms with Crippen LogP contribution in [0.25, 0.3) is 0 Å². The van der Waals surface area contributed by atoms with E-state index in [1.807, 2.05) is 25.1 Å². The van der Waals surface area contributed by atoms with Crippen molar-refractivity contribution in [3.63, 3.8) is 0 Å². The van der Waals surface area contributed by atoms with E-state index < -0.39 is 11.5 Å². The predicted molar refractivity (Wildman–Crippen MR) is 87.7 cm³/mol. The van der Waals surface area contributed by atoms with Crippen LogP contribution < -0.4 is 10.1 Å². The van der Waals surface area contributed by atoms with Crippen LogP contribution in [0.4, 0.5) is 0 Å². The molecule has 0 atom stereocenters. The molecule has 2 N–H and O–H groups in total. The van der Waals surface area contributed by atoms with Crippen LogP contribution in [0.1, 0.15) is 56.6 Å². The summed E-state index contributed by atoms with van der Waals surface area (Å²) in [5.41, 5.74) is 1.55. The van der Waals surface area contributed by atoms with Gasteiger partial charge in [-0.15, -0.1) is 0 Å². The summed E-state index contributed by atoms with van der Waals surface area (Å²) in [7, 11) is 0. The number of rotatable bonds is 7. The van der Waals surface area contributed by atoms with Crippen molar-refractivity contribution in [2.45, 2.75) is 57.9 Å². The topological polar surface area (TPSA) is 75.6 Å². The summed E-state index contributed by atoms with van der Waals surface area (Å²) in [5.74, 6) is -0.122. The van der Waals surface area contributed by atoms with Crippen molar-refractivity contribution >= 4 is 11.9 Å². The Hall–Kier alpha value is -2.04. The fourth-order valence-electron chi connectivity index (χ4n) is 2.96. The van der Waals surface area contributed by atoms with Crippen molar-refractivity contribution in [3.8, 4) is 5.75 Å². The smallest absolute Gasteiger partial charge is 0.305 e. The van der Waals surface area contributed by atoms with Crippen LogP contribution >= 0.6 is 0 Å². The van der Waals surface area contributed by atoms with Crippen molar-refractivity contribution in [2.24, 2.45) is 0 Å². The Morgan fingerprint density at radius 1 is 1.35 bits per heavy atom. The van der Waals surface area contributed by atoms with Crippen LogP contribution in [0.5, 0.6) is 5.75 Å². The largest absolute Gasteiger partial charge is 0.483 e. The SMILES string of the molecule is Cc1ccc(C(C)C)c(OCC(=O)NC2(CC(=O)O)CCC2)c1. The minimum absolute atomic E-state index is 0.0274. The van der Waals surface area contributed by atoms with Crippen LogP contribution in [0, 0.1) is 6.92 Å². The van der Waals surface area contributed by atoms with Crippen molar-refractivity contribution in [1.82, 2.24) is 5.32 Å². The molecule has 5 heteroatoms. The molecule has 0 saturated heterocycles. The highest BCUT2D eigenvalue weighted by atomic mass is 16.5. The molecule has 0 spiro atoms. The van der Waals surface area contributed by atoms with Crippen molar-refractivity contribution in [3.05, 3.63) is 29.3 Å². The van der Waals surface area contributed by atoms with Gasteiger partial charge in [0.1, 0.15) is 5.75 Å². The molecule has 1 aromatic carbocycles. The van der Waals surface area contributed by atoms with Gasteiger partial charge in [-0.2, -0.15) is 0 Å². The minimum atomic E-state index is -0.883. The van der Waals surface area contributed by atoms with Crippen molar-refractivity contribution in [2.75, 3.05) is 6.61 Å². The third-order valence-corrected chi connectivity index (χ3v) is 4.35. The highest BCUT2D eigenvalue weighted by Gasteiger charge is 2.40. The second-order valence-electron chi connectivity index (χ2n) is 6.74. The molecular formula is C18H25NO4. The molecule has 126 valence electrons. The van der Waals surface area contributed by atoms with Gasteiger partial charge >= 0.3 is 5.97 Å². The van der Waals surface area contributed by atoms with Gasteiger partial charge in [-0.1, -0.05) is 26.0 Å². The number of carboxylic acid groups (broad SMARTS) is 1. The van der Waals surface area contributed by atoms with Gasteiger partial charge in [0.05, 0.1) is 12.0 Å². The second kappa shape index (κ2) is 7.02. The van der Waals surface area contributed by atoms with Gasteiger partial charge < -0.3 is 15.2 Å². The van der Waals surface area contributed by atoms with Crippen LogP contribution in [0.3, 0.4) is 0 Å². The number of benzene rings is 1. The first-order valence-corrected chi connectivity index (χ1v) is 8.07. The maximum absolute atomic E-state index is 12.1. The van der Waals surface area contributed by atoms with Gasteiger partial charge in [0, 0.05) is 0 Å². The first-order valence-electron chi connectivity index (χ1n) is 8.07. The van der Waals surface area contributed by atoms with Crippen molar-refractivity contribution < 1.29 is 19.4 Å². The van der Waals surface area contributed by atoms with Crippen LogP contribution in [-0.2, 0) is 9.59 Å². The van der Waals surface area contributed by atoms with E-state index in [1.165, 1.54) is 0 Å². The van der Waals surface area contributed by atoms with Gasteiger partial charge in [-0.3, -0.25) is 9.59 Å². The Bertz CT molecular complexity index is 591. The average molecular weight is 319 g/mol. The van der Waals surface area contributed by atoms with E-state index in [9.17, 15) is 9.59 Å². The summed E-state index contributed by atoms with van der Waals surface area (Å²) >= 11 is 0. The molecule has 1 aliphatic rings. The van der Waals surface area contributed by atoms with E-state index in [0.29, 0.717) is 18.8 Å². The normalized spacial score (nSPS) is 15.8. The molecule has 0 aliphatic heterocycles. The van der Waals surface area contributed by atoms with E-state index in [0.717, 1.165) is 23.3 Å². The number of amides is 1. The number of aliphatic carboxylic acids is 1. The Balaban J connectivity index is 1.97. The van der Waals surface area contributed by atoms with Gasteiger partial charge in [-0.25, -0.2) is 0 Å². The molecule has 1 aromatic rings. The summed E-state index contributed by atoms with van der Waals surface area (Å²) in [6.45, 7) is 6.04. The zero-order chi connectivity index (χ0) is 17.0. The molecule has 23 heavy (non-hydrogen) atoms. The highest BCUT2D eigenvalue weighted by Crippen LogP contribution is 2.35. The number of hydrogen-bond donors (Lipinski definition) is 2. The lowest BCUT2D eigenvalue weighted by atomic mass is 9.74. The molecule has 1 saturated carbocycles. The zero-order valence-corrected chi connectivity index (χ0v) is 14.0. The third-order valence-electron chi connectivity index (χ3n) is 4.35. The summed E-state index contributed by atoms with van der Waals surface area (Å²) in [5, 5.41) is 11.8. The number of ether oxygens (including phenoxy) is 1. The molecule has 2 rings (SSSR count). The number of carboxylic acids is 1. The first-order chi connectivity index (χ1) is 10.8. The number of hydrogen-bond acceptors (Lipinski definition) is 3. The monoisotopic (exact) mass is 319 g/mol. The third kappa shape index (κ3) is 4.47. The molecule has 0 bridgehead atoms. The Morgan fingerprint density at radius 3 is 2.57 bits per heavy atom. The van der Waals surface area contributed by atoms with Gasteiger partial charge in [0.25, 0.3) is 5.91 Å². The fourth-order valence-corrected chi connectivity index (χ4v) is 2.96. The molecule has 1 amide bonds. The zero-order valence-electron chi connectivity index (χ0n) is 14.0. The standard InChI is InChI=1S/C18H25NO4/c1-12(2)14-6-5-13(3)9-15(14)23-11-16(20)19-18(7-4-8-18)10-17(21)22/h5-6,9,12H,4,7-8,10-11H2,1-3H3,(H,19,20)(H,21,22). The van der Waals surface area contributed by atoms with Crippen molar-refractivity contribution in [1.29, 1.82) is 0 Å². The molecule has 1 fully saturated rings. The van der Waals surface area contributed by atoms with E-state index in [-0.39, 0.29) is 18.9 Å². The van der Waals surface area contributed by atoms with E-state index in [4.69, 9.17) is 9.84 Å². The quantitative estimate of drug-likeness (QED) is 0.810. The average Bonchev–Trinajstić information content (AvgIpc) is 2.42. The molecule has 0 unspecified atom stereocenters. The second-order valence-corrected chi connectivity index (χ2v) is 6.74. The van der Waals surface area contributed by atoms with Gasteiger partial charge in [0.15, 0.2) is 6.61 Å². The Kier molecular flexibility index (Phi) is 5.29. The van der Waals surface area contributed by atoms with Crippen LogP contribution in [0.15, 0.2) is 18.2 Å². The molecule has 1 aliphatic carbocycles. The summed E-state index contributed by atoms with van der Waals surface area (Å²) in [6.07, 6.45) is 2.35. The van der Waals surface area contributed by atoms with E-state index >= 15 is 0 Å². The van der Waals surface area contributed by atoms with Crippen LogP contribution in [-0.4, -0.2) is 29.1 Å². The predicted octanol–water partition coefficient (Wildman–Crippen LogP) is 3.01. The van der Waals surface area contributed by atoms with E-state index in [2.05, 4.69) is 19.2 Å². The number of carbonyl (C=O) groups excluding carboxylic acids is 1. The van der Waals surface area contributed by atoms with Crippen LogP contribution in [0.2, 0.25) is 0 Å². The van der Waals surface area contributed by atoms with Gasteiger partial charge in [0.2, 0.25) is 0 Å². The maximum Gasteiger partial charge on any atom is 0.305 e. The summed E-state index contributed by atoms with van der Waals surface area (Å²) < 4.78 is 5.70. The Labute approximate surface area is 137 Å².